The fourth-order valence-corrected chi connectivity index (χ4v) is 4.84. The first-order chi connectivity index (χ1) is 18.3. The minimum absolute atomic E-state index is 0.0250. The van der Waals surface area contributed by atoms with E-state index in [0.29, 0.717) is 38.6 Å². The van der Waals surface area contributed by atoms with Crippen molar-refractivity contribution in [1.29, 1.82) is 0 Å². The van der Waals surface area contributed by atoms with E-state index in [1.165, 1.54) is 24.3 Å². The van der Waals surface area contributed by atoms with Gasteiger partial charge in [-0.05, 0) is 84.9 Å². The van der Waals surface area contributed by atoms with Crippen molar-refractivity contribution in [3.8, 4) is 5.75 Å². The minimum Gasteiger partial charge on any atom is -0.497 e. The summed E-state index contributed by atoms with van der Waals surface area (Å²) in [5.74, 6) is 0.758. The van der Waals surface area contributed by atoms with Gasteiger partial charge in [0.25, 0.3) is 10.0 Å². The summed E-state index contributed by atoms with van der Waals surface area (Å²) >= 11 is 5.91. The molecule has 1 heterocycles. The van der Waals surface area contributed by atoms with Crippen LogP contribution in [0.2, 0.25) is 5.02 Å². The molecule has 10 heteroatoms. The summed E-state index contributed by atoms with van der Waals surface area (Å²) in [7, 11) is -2.41. The Balaban J connectivity index is 1.44. The van der Waals surface area contributed by atoms with Crippen molar-refractivity contribution >= 4 is 55.8 Å². The summed E-state index contributed by atoms with van der Waals surface area (Å²) in [6.45, 7) is 0. The highest BCUT2D eigenvalue weighted by Gasteiger charge is 2.19. The van der Waals surface area contributed by atoms with E-state index < -0.39 is 10.0 Å². The Bertz CT molecular complexity index is 1720. The average molecular weight is 545 g/mol. The SMILES string of the molecule is COc1ccc(C(=O)c2ccc(Nc3nc4ccccc4nc3NS(=O)(=O)c3ccc(Cl)cc3)cc2)cc1. The Morgan fingerprint density at radius 1 is 0.763 bits per heavy atom. The van der Waals surface area contributed by atoms with E-state index in [1.807, 2.05) is 6.07 Å². The summed E-state index contributed by atoms with van der Waals surface area (Å²) < 4.78 is 33.8. The second kappa shape index (κ2) is 10.5. The molecule has 0 saturated heterocycles. The Labute approximate surface area is 224 Å². The molecule has 0 amide bonds. The zero-order valence-corrected chi connectivity index (χ0v) is 21.6. The number of nitrogens with zero attached hydrogens (tertiary/aromatic N) is 2. The molecule has 8 nitrogen and oxygen atoms in total. The van der Waals surface area contributed by atoms with E-state index in [0.717, 1.165) is 0 Å². The molecule has 0 aliphatic carbocycles. The van der Waals surface area contributed by atoms with Gasteiger partial charge >= 0.3 is 0 Å². The zero-order valence-electron chi connectivity index (χ0n) is 20.1. The number of carbonyl (C=O) groups is 1. The van der Waals surface area contributed by atoms with E-state index in [-0.39, 0.29) is 22.3 Å². The number of halogens is 1. The summed E-state index contributed by atoms with van der Waals surface area (Å²) in [5, 5.41) is 3.54. The number of aromatic nitrogens is 2. The van der Waals surface area contributed by atoms with Crippen LogP contribution in [-0.4, -0.2) is 31.3 Å². The molecule has 0 atom stereocenters. The van der Waals surface area contributed by atoms with E-state index in [9.17, 15) is 13.2 Å². The Hall–Kier alpha value is -4.47. The molecule has 0 aliphatic heterocycles. The van der Waals surface area contributed by atoms with Crippen LogP contribution in [0.3, 0.4) is 0 Å². The summed E-state index contributed by atoms with van der Waals surface area (Å²) in [6.07, 6.45) is 0. The number of ketones is 1. The largest absolute Gasteiger partial charge is 0.497 e. The van der Waals surface area contributed by atoms with Crippen LogP contribution in [0, 0.1) is 0 Å². The standard InChI is InChI=1S/C28H21ClN4O4S/c1-37-22-14-8-19(9-15-22)26(34)18-6-12-21(13-7-18)30-27-28(32-25-5-3-2-4-24(25)31-27)33-38(35,36)23-16-10-20(29)11-17-23/h2-17H,1H3,(H,30,31)(H,32,33). The first-order valence-corrected chi connectivity index (χ1v) is 13.3. The van der Waals surface area contributed by atoms with Crippen LogP contribution in [0.5, 0.6) is 5.75 Å². The number of hydrogen-bond donors (Lipinski definition) is 2. The lowest BCUT2D eigenvalue weighted by Crippen LogP contribution is -2.16. The molecule has 4 aromatic carbocycles. The maximum atomic E-state index is 13.1. The number of rotatable bonds is 8. The maximum Gasteiger partial charge on any atom is 0.263 e. The number of fused-ring (bicyclic) bond motifs is 1. The van der Waals surface area contributed by atoms with Crippen LogP contribution in [-0.2, 0) is 10.0 Å². The molecule has 38 heavy (non-hydrogen) atoms. The lowest BCUT2D eigenvalue weighted by Gasteiger charge is -2.14. The van der Waals surface area contributed by atoms with E-state index in [1.54, 1.807) is 73.8 Å². The van der Waals surface area contributed by atoms with Crippen molar-refractivity contribution in [2.75, 3.05) is 17.1 Å². The molecule has 190 valence electrons. The number of benzene rings is 4. The van der Waals surface area contributed by atoms with Gasteiger partial charge in [-0.2, -0.15) is 0 Å². The predicted octanol–water partition coefficient (Wildman–Crippen LogP) is 6.07. The first kappa shape index (κ1) is 25.2. The van der Waals surface area contributed by atoms with Gasteiger partial charge in [0.15, 0.2) is 17.4 Å². The van der Waals surface area contributed by atoms with E-state index in [4.69, 9.17) is 16.3 Å². The third-order valence-corrected chi connectivity index (χ3v) is 7.29. The number of sulfonamides is 1. The number of para-hydroxylation sites is 2. The van der Waals surface area contributed by atoms with Gasteiger partial charge in [0.2, 0.25) is 0 Å². The lowest BCUT2D eigenvalue weighted by atomic mass is 10.0. The molecule has 0 unspecified atom stereocenters. The van der Waals surface area contributed by atoms with Gasteiger partial charge in [-0.15, -0.1) is 0 Å². The van der Waals surface area contributed by atoms with Crippen molar-refractivity contribution in [3.63, 3.8) is 0 Å². The highest BCUT2D eigenvalue weighted by atomic mass is 35.5. The van der Waals surface area contributed by atoms with Gasteiger partial charge in [-0.25, -0.2) is 18.4 Å². The molecule has 0 bridgehead atoms. The number of nitrogens with one attached hydrogen (secondary N) is 2. The maximum absolute atomic E-state index is 13.1. The first-order valence-electron chi connectivity index (χ1n) is 11.4. The molecule has 1 aromatic heterocycles. The molecule has 0 saturated carbocycles. The van der Waals surface area contributed by atoms with Gasteiger partial charge in [0.05, 0.1) is 23.0 Å². The quantitative estimate of drug-likeness (QED) is 0.228. The second-order valence-electron chi connectivity index (χ2n) is 8.23. The minimum atomic E-state index is -3.97. The summed E-state index contributed by atoms with van der Waals surface area (Å²) in [4.78, 5) is 22.0. The number of hydrogen-bond acceptors (Lipinski definition) is 7. The fourth-order valence-electron chi connectivity index (χ4n) is 3.71. The van der Waals surface area contributed by atoms with Crippen molar-refractivity contribution in [3.05, 3.63) is 113 Å². The van der Waals surface area contributed by atoms with Gasteiger partial charge < -0.3 is 10.1 Å². The van der Waals surface area contributed by atoms with Crippen LogP contribution in [0.15, 0.2) is 102 Å². The van der Waals surface area contributed by atoms with Crippen LogP contribution in [0.1, 0.15) is 15.9 Å². The Morgan fingerprint density at radius 2 is 1.32 bits per heavy atom. The van der Waals surface area contributed by atoms with Crippen molar-refractivity contribution < 1.29 is 17.9 Å². The summed E-state index contributed by atoms with van der Waals surface area (Å²) in [5.41, 5.74) is 2.72. The normalized spacial score (nSPS) is 11.2. The molecule has 2 N–H and O–H groups in total. The molecule has 0 radical (unpaired) electrons. The molecule has 0 fully saturated rings. The molecule has 5 aromatic rings. The van der Waals surface area contributed by atoms with Crippen molar-refractivity contribution in [2.24, 2.45) is 0 Å². The lowest BCUT2D eigenvalue weighted by molar-refractivity contribution is 0.103. The molecule has 5 rings (SSSR count). The van der Waals surface area contributed by atoms with Gasteiger partial charge in [0.1, 0.15) is 5.75 Å². The predicted molar refractivity (Wildman–Crippen MR) is 148 cm³/mol. The monoisotopic (exact) mass is 544 g/mol. The zero-order chi connectivity index (χ0) is 26.7. The fraction of sp³-hybridized carbons (Fsp3) is 0.0357. The Morgan fingerprint density at radius 3 is 1.89 bits per heavy atom. The molecule has 0 spiro atoms. The van der Waals surface area contributed by atoms with Crippen molar-refractivity contribution in [2.45, 2.75) is 4.90 Å². The van der Waals surface area contributed by atoms with Gasteiger partial charge in [0, 0.05) is 21.8 Å². The number of ether oxygens (including phenoxy) is 1. The van der Waals surface area contributed by atoms with Gasteiger partial charge in [-0.3, -0.25) is 9.52 Å². The second-order valence-corrected chi connectivity index (χ2v) is 10.3. The highest BCUT2D eigenvalue weighted by molar-refractivity contribution is 7.92. The summed E-state index contributed by atoms with van der Waals surface area (Å²) in [6, 6.07) is 26.6. The van der Waals surface area contributed by atoms with Crippen LogP contribution < -0.4 is 14.8 Å². The van der Waals surface area contributed by atoms with Crippen LogP contribution in [0.25, 0.3) is 11.0 Å². The molecular formula is C28H21ClN4O4S. The number of carbonyl (C=O) groups excluding carboxylic acids is 1. The molecule has 0 aliphatic rings. The topological polar surface area (TPSA) is 110 Å². The van der Waals surface area contributed by atoms with E-state index in [2.05, 4.69) is 20.0 Å². The molecular weight excluding hydrogens is 524 g/mol. The van der Waals surface area contributed by atoms with E-state index >= 15 is 0 Å². The highest BCUT2D eigenvalue weighted by Crippen LogP contribution is 2.28. The smallest absolute Gasteiger partial charge is 0.263 e. The third kappa shape index (κ3) is 5.44. The number of anilines is 3. The van der Waals surface area contributed by atoms with Crippen LogP contribution >= 0.6 is 11.6 Å². The Kier molecular flexibility index (Phi) is 6.95. The van der Waals surface area contributed by atoms with Crippen LogP contribution in [0.4, 0.5) is 17.3 Å². The average Bonchev–Trinajstić information content (AvgIpc) is 2.93. The van der Waals surface area contributed by atoms with Crippen molar-refractivity contribution in [1.82, 2.24) is 9.97 Å². The third-order valence-electron chi connectivity index (χ3n) is 5.69. The van der Waals surface area contributed by atoms with Gasteiger partial charge in [-0.1, -0.05) is 23.7 Å². The number of methoxy groups -OCH3 is 1.